The first-order valence-electron chi connectivity index (χ1n) is 11.2. The molecule has 33 heavy (non-hydrogen) atoms. The van der Waals surface area contributed by atoms with E-state index in [9.17, 15) is 19.5 Å². The van der Waals surface area contributed by atoms with Gasteiger partial charge in [0.2, 0.25) is 5.91 Å². The molecule has 2 aromatic carbocycles. The molecule has 4 N–H and O–H groups in total. The number of carbonyl (C=O) groups excluding carboxylic acids is 2. The molecular formula is C25H28N2O6. The third-order valence-corrected chi connectivity index (χ3v) is 6.57. The molecule has 2 aromatic rings. The van der Waals surface area contributed by atoms with Gasteiger partial charge in [-0.25, -0.2) is 9.59 Å². The Labute approximate surface area is 192 Å². The Bertz CT molecular complexity index is 1000. The summed E-state index contributed by atoms with van der Waals surface area (Å²) in [5, 5.41) is 23.6. The van der Waals surface area contributed by atoms with Crippen LogP contribution in [0.15, 0.2) is 48.5 Å². The molecule has 0 heterocycles. The van der Waals surface area contributed by atoms with Crippen molar-refractivity contribution in [2.24, 2.45) is 0 Å². The summed E-state index contributed by atoms with van der Waals surface area (Å²) in [4.78, 5) is 36.3. The zero-order chi connectivity index (χ0) is 23.4. The molecule has 0 aliphatic heterocycles. The first-order valence-corrected chi connectivity index (χ1v) is 11.2. The van der Waals surface area contributed by atoms with Crippen molar-refractivity contribution in [3.8, 4) is 11.1 Å². The van der Waals surface area contributed by atoms with E-state index >= 15 is 0 Å². The third-order valence-electron chi connectivity index (χ3n) is 6.57. The molecular weight excluding hydrogens is 424 g/mol. The number of ether oxygens (including phenoxy) is 1. The van der Waals surface area contributed by atoms with E-state index in [-0.39, 0.29) is 31.4 Å². The fraction of sp³-hybridized carbons (Fsp3) is 0.400. The molecule has 8 heteroatoms. The number of nitrogens with one attached hydrogen (secondary N) is 2. The monoisotopic (exact) mass is 452 g/mol. The Hall–Kier alpha value is -3.39. The number of hydrogen-bond acceptors (Lipinski definition) is 5. The van der Waals surface area contributed by atoms with E-state index < -0.39 is 23.7 Å². The van der Waals surface area contributed by atoms with Crippen LogP contribution in [0.1, 0.15) is 49.1 Å². The molecule has 1 saturated carbocycles. The molecule has 2 aliphatic carbocycles. The molecule has 1 atom stereocenters. The van der Waals surface area contributed by atoms with Crippen molar-refractivity contribution in [3.05, 3.63) is 59.7 Å². The summed E-state index contributed by atoms with van der Waals surface area (Å²) in [5.41, 5.74) is 3.40. The molecule has 0 unspecified atom stereocenters. The number of rotatable bonds is 8. The van der Waals surface area contributed by atoms with Gasteiger partial charge >= 0.3 is 12.1 Å². The highest BCUT2D eigenvalue weighted by atomic mass is 16.5. The lowest BCUT2D eigenvalue weighted by Gasteiger charge is -2.29. The molecule has 4 rings (SSSR count). The maximum absolute atomic E-state index is 12.8. The van der Waals surface area contributed by atoms with E-state index in [1.54, 1.807) is 0 Å². The van der Waals surface area contributed by atoms with Gasteiger partial charge in [-0.2, -0.15) is 0 Å². The summed E-state index contributed by atoms with van der Waals surface area (Å²) < 4.78 is 5.60. The molecule has 0 spiro atoms. The van der Waals surface area contributed by atoms with Crippen LogP contribution >= 0.6 is 0 Å². The smallest absolute Gasteiger partial charge is 0.408 e. The summed E-state index contributed by atoms with van der Waals surface area (Å²) >= 11 is 0. The lowest BCUT2D eigenvalue weighted by molar-refractivity contribution is -0.147. The van der Waals surface area contributed by atoms with Crippen LogP contribution in [-0.2, 0) is 14.3 Å². The van der Waals surface area contributed by atoms with E-state index in [1.165, 1.54) is 0 Å². The van der Waals surface area contributed by atoms with Crippen molar-refractivity contribution < 1.29 is 29.3 Å². The Morgan fingerprint density at radius 3 is 2.15 bits per heavy atom. The predicted molar refractivity (Wildman–Crippen MR) is 121 cm³/mol. The molecule has 0 aromatic heterocycles. The van der Waals surface area contributed by atoms with Crippen LogP contribution in [0.25, 0.3) is 11.1 Å². The number of carboxylic acids is 1. The van der Waals surface area contributed by atoms with Crippen LogP contribution in [0.3, 0.4) is 0 Å². The average molecular weight is 453 g/mol. The van der Waals surface area contributed by atoms with Crippen LogP contribution in [0, 0.1) is 0 Å². The lowest BCUT2D eigenvalue weighted by Crippen LogP contribution is -2.57. The number of aliphatic hydroxyl groups excluding tert-OH is 1. The van der Waals surface area contributed by atoms with E-state index in [1.807, 2.05) is 36.4 Å². The summed E-state index contributed by atoms with van der Waals surface area (Å²) in [6.07, 6.45) is 0.222. The Kier molecular flexibility index (Phi) is 6.65. The molecule has 2 amide bonds. The number of carbonyl (C=O) groups is 3. The van der Waals surface area contributed by atoms with Gasteiger partial charge in [0.1, 0.15) is 12.1 Å². The van der Waals surface area contributed by atoms with Gasteiger partial charge in [0.05, 0.1) is 0 Å². The van der Waals surface area contributed by atoms with Crippen molar-refractivity contribution in [2.45, 2.75) is 49.7 Å². The fourth-order valence-corrected chi connectivity index (χ4v) is 4.83. The Balaban J connectivity index is 1.38. The molecule has 8 nitrogen and oxygen atoms in total. The van der Waals surface area contributed by atoms with Gasteiger partial charge in [-0.05, 0) is 35.1 Å². The van der Waals surface area contributed by atoms with Crippen molar-refractivity contribution in [3.63, 3.8) is 0 Å². The second-order valence-electron chi connectivity index (χ2n) is 8.64. The maximum atomic E-state index is 12.8. The Morgan fingerprint density at radius 1 is 1.00 bits per heavy atom. The summed E-state index contributed by atoms with van der Waals surface area (Å²) in [5.74, 6) is -1.79. The molecule has 0 bridgehead atoms. The van der Waals surface area contributed by atoms with Crippen LogP contribution in [0.4, 0.5) is 4.79 Å². The number of amides is 2. The van der Waals surface area contributed by atoms with Crippen molar-refractivity contribution >= 4 is 18.0 Å². The second kappa shape index (κ2) is 9.62. The van der Waals surface area contributed by atoms with E-state index in [4.69, 9.17) is 9.84 Å². The normalized spacial score (nSPS) is 17.0. The van der Waals surface area contributed by atoms with Crippen LogP contribution < -0.4 is 10.6 Å². The Morgan fingerprint density at radius 2 is 1.58 bits per heavy atom. The molecule has 1 fully saturated rings. The number of aliphatic hydroxyl groups is 1. The maximum Gasteiger partial charge on any atom is 0.408 e. The highest BCUT2D eigenvalue weighted by Crippen LogP contribution is 2.44. The number of carboxylic acid groups (broad SMARTS) is 1. The summed E-state index contributed by atoms with van der Waals surface area (Å²) in [7, 11) is 0. The van der Waals surface area contributed by atoms with Crippen LogP contribution in [0.5, 0.6) is 0 Å². The first kappa shape index (κ1) is 22.8. The number of aliphatic carboxylic acids is 1. The third kappa shape index (κ3) is 4.71. The van der Waals surface area contributed by atoms with E-state index in [2.05, 4.69) is 22.8 Å². The van der Waals surface area contributed by atoms with Gasteiger partial charge in [0, 0.05) is 18.9 Å². The minimum Gasteiger partial charge on any atom is -0.479 e. The second-order valence-corrected chi connectivity index (χ2v) is 8.64. The minimum atomic E-state index is -1.54. The van der Waals surface area contributed by atoms with Gasteiger partial charge in [-0.3, -0.25) is 4.79 Å². The number of fused-ring (bicyclic) bond motifs is 3. The fourth-order valence-electron chi connectivity index (χ4n) is 4.83. The lowest BCUT2D eigenvalue weighted by atomic mass is 9.96. The molecule has 174 valence electrons. The zero-order valence-electron chi connectivity index (χ0n) is 18.3. The topological polar surface area (TPSA) is 125 Å². The number of alkyl carbamates (subject to hydrolysis) is 1. The van der Waals surface area contributed by atoms with Gasteiger partial charge < -0.3 is 25.6 Å². The molecule has 0 radical (unpaired) electrons. The molecule has 0 saturated heterocycles. The standard InChI is InChI=1S/C25H28N2O6/c28-21(22(29)30)11-14-26-23(31)25(12-5-6-13-25)27-24(32)33-15-20-18-9-3-1-7-16(18)17-8-2-4-10-19(17)20/h1-4,7-10,20-21,28H,5-6,11-15H2,(H,26,31)(H,27,32)(H,29,30)/t21-/m0/s1. The van der Waals surface area contributed by atoms with Crippen molar-refractivity contribution in [2.75, 3.05) is 13.2 Å². The van der Waals surface area contributed by atoms with E-state index in [0.717, 1.165) is 35.1 Å². The first-order chi connectivity index (χ1) is 15.9. The molecule has 2 aliphatic rings. The predicted octanol–water partition coefficient (Wildman–Crippen LogP) is 2.79. The van der Waals surface area contributed by atoms with Gasteiger partial charge in [0.25, 0.3) is 0 Å². The van der Waals surface area contributed by atoms with Gasteiger partial charge in [0.15, 0.2) is 6.10 Å². The van der Waals surface area contributed by atoms with Crippen molar-refractivity contribution in [1.29, 1.82) is 0 Å². The largest absolute Gasteiger partial charge is 0.479 e. The summed E-state index contributed by atoms with van der Waals surface area (Å²) in [6, 6.07) is 16.1. The summed E-state index contributed by atoms with van der Waals surface area (Å²) in [6.45, 7) is 0.156. The van der Waals surface area contributed by atoms with Crippen LogP contribution in [0.2, 0.25) is 0 Å². The van der Waals surface area contributed by atoms with E-state index in [0.29, 0.717) is 12.8 Å². The minimum absolute atomic E-state index is 0.000416. The number of hydrogen-bond donors (Lipinski definition) is 4. The highest BCUT2D eigenvalue weighted by Gasteiger charge is 2.43. The highest BCUT2D eigenvalue weighted by molar-refractivity contribution is 5.90. The van der Waals surface area contributed by atoms with Crippen LogP contribution in [-0.4, -0.2) is 53.0 Å². The SMILES string of the molecule is O=C(NC1(C(=O)NCC[C@H](O)C(=O)O)CCCC1)OCC1c2ccccc2-c2ccccc21. The zero-order valence-corrected chi connectivity index (χ0v) is 18.3. The van der Waals surface area contributed by atoms with Gasteiger partial charge in [-0.15, -0.1) is 0 Å². The quantitative estimate of drug-likeness (QED) is 0.488. The number of benzene rings is 2. The van der Waals surface area contributed by atoms with Gasteiger partial charge in [-0.1, -0.05) is 61.4 Å². The van der Waals surface area contributed by atoms with Crippen molar-refractivity contribution in [1.82, 2.24) is 10.6 Å². The average Bonchev–Trinajstić information content (AvgIpc) is 3.41.